The molecule has 2 fully saturated rings. The van der Waals surface area contributed by atoms with E-state index in [0.717, 1.165) is 26.2 Å². The first-order valence-electron chi connectivity index (χ1n) is 8.18. The number of hydrogen-bond acceptors (Lipinski definition) is 2. The second-order valence-electron chi connectivity index (χ2n) is 6.56. The third-order valence-corrected chi connectivity index (χ3v) is 5.07. The fourth-order valence-electron chi connectivity index (χ4n) is 3.76. The number of ether oxygens (including phenoxy) is 1. The quantitative estimate of drug-likeness (QED) is 0.904. The van der Waals surface area contributed by atoms with Gasteiger partial charge in [0, 0.05) is 31.6 Å². The van der Waals surface area contributed by atoms with Crippen molar-refractivity contribution in [2.45, 2.75) is 43.9 Å². The lowest BCUT2D eigenvalue weighted by Gasteiger charge is -2.30. The monoisotopic (exact) mass is 287 g/mol. The molecule has 0 bridgehead atoms. The van der Waals surface area contributed by atoms with Crippen LogP contribution in [0.25, 0.3) is 0 Å². The summed E-state index contributed by atoms with van der Waals surface area (Å²) in [7, 11) is 0. The summed E-state index contributed by atoms with van der Waals surface area (Å²) < 4.78 is 5.35. The van der Waals surface area contributed by atoms with Gasteiger partial charge >= 0.3 is 0 Å². The highest BCUT2D eigenvalue weighted by molar-refractivity contribution is 5.76. The van der Waals surface area contributed by atoms with Crippen molar-refractivity contribution in [3.8, 4) is 0 Å². The van der Waals surface area contributed by atoms with E-state index in [1.165, 1.54) is 31.2 Å². The zero-order valence-electron chi connectivity index (χ0n) is 12.6. The second kappa shape index (κ2) is 6.61. The van der Waals surface area contributed by atoms with E-state index in [2.05, 4.69) is 35.6 Å². The Kier molecular flexibility index (Phi) is 4.59. The molecule has 3 rings (SSSR count). The topological polar surface area (TPSA) is 38.3 Å². The number of rotatable bonds is 5. The smallest absolute Gasteiger partial charge is 0.220 e. The van der Waals surface area contributed by atoms with Crippen LogP contribution in [0.5, 0.6) is 0 Å². The minimum absolute atomic E-state index is 0.156. The molecule has 1 unspecified atom stereocenters. The van der Waals surface area contributed by atoms with Crippen LogP contribution in [0.3, 0.4) is 0 Å². The predicted molar refractivity (Wildman–Crippen MR) is 83.1 cm³/mol. The van der Waals surface area contributed by atoms with Crippen LogP contribution in [-0.4, -0.2) is 25.7 Å². The number of amides is 1. The molecule has 1 atom stereocenters. The van der Waals surface area contributed by atoms with Crippen LogP contribution < -0.4 is 5.32 Å². The number of carbonyl (C=O) groups excluding carboxylic acids is 1. The van der Waals surface area contributed by atoms with Gasteiger partial charge in [0.15, 0.2) is 0 Å². The third-order valence-electron chi connectivity index (χ3n) is 5.07. The minimum Gasteiger partial charge on any atom is -0.381 e. The van der Waals surface area contributed by atoms with E-state index in [-0.39, 0.29) is 11.3 Å². The number of benzene rings is 1. The molecular formula is C18H25NO2. The van der Waals surface area contributed by atoms with Gasteiger partial charge in [0.1, 0.15) is 0 Å². The molecule has 0 spiro atoms. The molecule has 1 amide bonds. The average Bonchev–Trinajstić information content (AvgIpc) is 3.18. The minimum atomic E-state index is 0.156. The summed E-state index contributed by atoms with van der Waals surface area (Å²) in [6.45, 7) is 2.34. The van der Waals surface area contributed by atoms with Gasteiger partial charge in [0.25, 0.3) is 0 Å². The highest BCUT2D eigenvalue weighted by Crippen LogP contribution is 2.40. The van der Waals surface area contributed by atoms with E-state index in [1.54, 1.807) is 0 Å². The molecule has 1 heterocycles. The van der Waals surface area contributed by atoms with Gasteiger partial charge in [-0.15, -0.1) is 0 Å². The maximum Gasteiger partial charge on any atom is 0.220 e. The Morgan fingerprint density at radius 3 is 2.67 bits per heavy atom. The molecule has 1 aliphatic carbocycles. The summed E-state index contributed by atoms with van der Waals surface area (Å²) in [5.74, 6) is 0.606. The molecule has 114 valence electrons. The summed E-state index contributed by atoms with van der Waals surface area (Å²) >= 11 is 0. The normalized spacial score (nSPS) is 24.1. The third kappa shape index (κ3) is 3.46. The molecule has 1 saturated heterocycles. The fraction of sp³-hybridized carbons (Fsp3) is 0.611. The van der Waals surface area contributed by atoms with E-state index in [4.69, 9.17) is 4.74 Å². The summed E-state index contributed by atoms with van der Waals surface area (Å²) in [5.41, 5.74) is 1.54. The number of carbonyl (C=O) groups is 1. The molecule has 0 radical (unpaired) electrons. The fourth-order valence-corrected chi connectivity index (χ4v) is 3.76. The molecule has 1 aromatic carbocycles. The summed E-state index contributed by atoms with van der Waals surface area (Å²) in [6, 6.07) is 10.7. The van der Waals surface area contributed by atoms with Gasteiger partial charge in [0.05, 0.1) is 0 Å². The molecule has 21 heavy (non-hydrogen) atoms. The van der Waals surface area contributed by atoms with E-state index in [1.807, 2.05) is 0 Å². The molecular weight excluding hydrogens is 262 g/mol. The van der Waals surface area contributed by atoms with Crippen LogP contribution in [0.15, 0.2) is 30.3 Å². The number of nitrogens with one attached hydrogen (secondary N) is 1. The van der Waals surface area contributed by atoms with Gasteiger partial charge in [-0.25, -0.2) is 0 Å². The standard InChI is InChI=1S/C18H25NO2/c20-17(12-15-8-11-21-13-15)19-14-18(9-4-5-10-18)16-6-2-1-3-7-16/h1-3,6-7,15H,4-5,8-14H2,(H,19,20). The maximum atomic E-state index is 12.2. The first-order valence-corrected chi connectivity index (χ1v) is 8.18. The molecule has 3 heteroatoms. The Bertz CT molecular complexity index is 459. The first kappa shape index (κ1) is 14.6. The maximum absolute atomic E-state index is 12.2. The van der Waals surface area contributed by atoms with Crippen LogP contribution in [0, 0.1) is 5.92 Å². The van der Waals surface area contributed by atoms with Crippen molar-refractivity contribution in [2.24, 2.45) is 5.92 Å². The van der Waals surface area contributed by atoms with Crippen LogP contribution in [0.4, 0.5) is 0 Å². The van der Waals surface area contributed by atoms with Crippen molar-refractivity contribution >= 4 is 5.91 Å². The van der Waals surface area contributed by atoms with Gasteiger partial charge < -0.3 is 10.1 Å². The average molecular weight is 287 g/mol. The van der Waals surface area contributed by atoms with Gasteiger partial charge in [-0.1, -0.05) is 43.2 Å². The predicted octanol–water partition coefficient (Wildman–Crippen LogP) is 3.04. The summed E-state index contributed by atoms with van der Waals surface area (Å²) in [4.78, 5) is 12.2. The molecule has 1 aromatic rings. The van der Waals surface area contributed by atoms with Crippen molar-refractivity contribution in [1.82, 2.24) is 5.32 Å². The van der Waals surface area contributed by atoms with Crippen LogP contribution in [-0.2, 0) is 14.9 Å². The molecule has 1 saturated carbocycles. The molecule has 1 N–H and O–H groups in total. The molecule has 1 aliphatic heterocycles. The Morgan fingerprint density at radius 2 is 2.00 bits per heavy atom. The molecule has 0 aromatic heterocycles. The van der Waals surface area contributed by atoms with Crippen molar-refractivity contribution in [3.63, 3.8) is 0 Å². The van der Waals surface area contributed by atoms with E-state index in [0.29, 0.717) is 12.3 Å². The summed E-state index contributed by atoms with van der Waals surface area (Å²) in [5, 5.41) is 3.20. The lowest BCUT2D eigenvalue weighted by Crippen LogP contribution is -2.39. The lowest BCUT2D eigenvalue weighted by molar-refractivity contribution is -0.122. The van der Waals surface area contributed by atoms with Crippen molar-refractivity contribution in [3.05, 3.63) is 35.9 Å². The second-order valence-corrected chi connectivity index (χ2v) is 6.56. The zero-order chi connectivity index (χ0) is 14.5. The van der Waals surface area contributed by atoms with Gasteiger partial charge in [0.2, 0.25) is 5.91 Å². The van der Waals surface area contributed by atoms with E-state index < -0.39 is 0 Å². The van der Waals surface area contributed by atoms with E-state index >= 15 is 0 Å². The Morgan fingerprint density at radius 1 is 1.24 bits per heavy atom. The summed E-state index contributed by atoms with van der Waals surface area (Å²) in [6.07, 6.45) is 6.54. The Hall–Kier alpha value is -1.35. The lowest BCUT2D eigenvalue weighted by atomic mass is 9.79. The van der Waals surface area contributed by atoms with Crippen LogP contribution in [0.1, 0.15) is 44.1 Å². The number of hydrogen-bond donors (Lipinski definition) is 1. The van der Waals surface area contributed by atoms with Gasteiger partial charge in [-0.05, 0) is 30.7 Å². The Balaban J connectivity index is 1.59. The highest BCUT2D eigenvalue weighted by Gasteiger charge is 2.35. The first-order chi connectivity index (χ1) is 10.3. The Labute approximate surface area is 127 Å². The SMILES string of the molecule is O=C(CC1CCOC1)NCC1(c2ccccc2)CCCC1. The zero-order valence-corrected chi connectivity index (χ0v) is 12.6. The van der Waals surface area contributed by atoms with Crippen molar-refractivity contribution in [1.29, 1.82) is 0 Å². The molecule has 2 aliphatic rings. The van der Waals surface area contributed by atoms with Gasteiger partial charge in [-0.3, -0.25) is 4.79 Å². The molecule has 3 nitrogen and oxygen atoms in total. The van der Waals surface area contributed by atoms with E-state index in [9.17, 15) is 4.79 Å². The van der Waals surface area contributed by atoms with Crippen molar-refractivity contribution in [2.75, 3.05) is 19.8 Å². The van der Waals surface area contributed by atoms with Crippen LogP contribution >= 0.6 is 0 Å². The van der Waals surface area contributed by atoms with Gasteiger partial charge in [-0.2, -0.15) is 0 Å². The highest BCUT2D eigenvalue weighted by atomic mass is 16.5. The van der Waals surface area contributed by atoms with Crippen molar-refractivity contribution < 1.29 is 9.53 Å². The largest absolute Gasteiger partial charge is 0.381 e. The van der Waals surface area contributed by atoms with Crippen LogP contribution in [0.2, 0.25) is 0 Å².